The van der Waals surface area contributed by atoms with Crippen LogP contribution in [-0.4, -0.2) is 31.7 Å². The molecule has 3 aromatic rings. The van der Waals surface area contributed by atoms with Crippen LogP contribution in [0.25, 0.3) is 0 Å². The number of rotatable bonds is 6. The van der Waals surface area contributed by atoms with Gasteiger partial charge in [0.1, 0.15) is 11.8 Å². The maximum absolute atomic E-state index is 5.23. The Hall–Kier alpha value is -2.63. The van der Waals surface area contributed by atoms with E-state index >= 15 is 0 Å². The third-order valence-electron chi connectivity index (χ3n) is 4.34. The number of ether oxygens (including phenoxy) is 1. The minimum Gasteiger partial charge on any atom is -0.497 e. The van der Waals surface area contributed by atoms with Crippen molar-refractivity contribution in [2.45, 2.75) is 46.7 Å². The minimum absolute atomic E-state index is 0.0275. The number of hydrogen-bond acceptors (Lipinski definition) is 4. The van der Waals surface area contributed by atoms with Gasteiger partial charge < -0.3 is 4.74 Å². The zero-order valence-corrected chi connectivity index (χ0v) is 15.5. The Kier molecular flexibility index (Phi) is 4.88. The third-order valence-corrected chi connectivity index (χ3v) is 4.34. The summed E-state index contributed by atoms with van der Waals surface area (Å²) in [5, 5.41) is 9.29. The standard InChI is InChI=1S/C19H25N5O/c1-6-18-20-19(15(4)24-14(3)11-13(2)21-24)23(22-18)12-16-7-9-17(25-5)10-8-16/h7-11,15H,6,12H2,1-5H3/t15-/m1/s1. The second-order valence-electron chi connectivity index (χ2n) is 6.29. The molecule has 0 aliphatic rings. The van der Waals surface area contributed by atoms with Gasteiger partial charge in [0, 0.05) is 12.1 Å². The highest BCUT2D eigenvalue weighted by Crippen LogP contribution is 2.20. The van der Waals surface area contributed by atoms with Crippen molar-refractivity contribution in [2.24, 2.45) is 0 Å². The predicted molar refractivity (Wildman–Crippen MR) is 97.0 cm³/mol. The molecule has 3 rings (SSSR count). The molecule has 0 unspecified atom stereocenters. The number of benzene rings is 1. The summed E-state index contributed by atoms with van der Waals surface area (Å²) in [4.78, 5) is 4.75. The molecule has 25 heavy (non-hydrogen) atoms. The van der Waals surface area contributed by atoms with Crippen LogP contribution in [0, 0.1) is 13.8 Å². The SMILES string of the molecule is CCc1nc([C@@H](C)n2nc(C)cc2C)n(Cc2ccc(OC)cc2)n1. The van der Waals surface area contributed by atoms with E-state index in [1.165, 1.54) is 0 Å². The number of nitrogens with zero attached hydrogens (tertiary/aromatic N) is 5. The molecule has 6 heteroatoms. The number of aromatic nitrogens is 5. The summed E-state index contributed by atoms with van der Waals surface area (Å²) in [5.41, 5.74) is 3.30. The van der Waals surface area contributed by atoms with Crippen LogP contribution in [0.5, 0.6) is 5.75 Å². The number of methoxy groups -OCH3 is 1. The largest absolute Gasteiger partial charge is 0.497 e. The van der Waals surface area contributed by atoms with E-state index in [-0.39, 0.29) is 6.04 Å². The van der Waals surface area contributed by atoms with Crippen molar-refractivity contribution in [1.82, 2.24) is 24.5 Å². The molecule has 0 aliphatic heterocycles. The average Bonchev–Trinajstić information content (AvgIpc) is 3.17. The van der Waals surface area contributed by atoms with Gasteiger partial charge >= 0.3 is 0 Å². The Labute approximate surface area is 148 Å². The maximum atomic E-state index is 5.23. The van der Waals surface area contributed by atoms with Crippen LogP contribution in [0.1, 0.15) is 48.5 Å². The van der Waals surface area contributed by atoms with E-state index in [0.717, 1.165) is 40.8 Å². The molecule has 0 saturated carbocycles. The van der Waals surface area contributed by atoms with Gasteiger partial charge in [0.25, 0.3) is 0 Å². The van der Waals surface area contributed by atoms with Crippen molar-refractivity contribution in [1.29, 1.82) is 0 Å². The first-order valence-electron chi connectivity index (χ1n) is 8.61. The van der Waals surface area contributed by atoms with Crippen molar-refractivity contribution in [3.05, 3.63) is 58.9 Å². The fraction of sp³-hybridized carbons (Fsp3) is 0.421. The van der Waals surface area contributed by atoms with Gasteiger partial charge in [-0.05, 0) is 44.5 Å². The fourth-order valence-electron chi connectivity index (χ4n) is 3.03. The molecule has 0 fully saturated rings. The lowest BCUT2D eigenvalue weighted by Gasteiger charge is -2.15. The summed E-state index contributed by atoms with van der Waals surface area (Å²) in [6.07, 6.45) is 0.812. The van der Waals surface area contributed by atoms with Gasteiger partial charge in [-0.15, -0.1) is 0 Å². The van der Waals surface area contributed by atoms with Gasteiger partial charge in [0.05, 0.1) is 19.3 Å². The summed E-state index contributed by atoms with van der Waals surface area (Å²) in [6.45, 7) is 8.95. The van der Waals surface area contributed by atoms with E-state index in [0.29, 0.717) is 6.54 Å². The van der Waals surface area contributed by atoms with E-state index in [9.17, 15) is 0 Å². The Morgan fingerprint density at radius 3 is 2.40 bits per heavy atom. The lowest BCUT2D eigenvalue weighted by molar-refractivity contribution is 0.414. The molecule has 2 heterocycles. The number of hydrogen-bond donors (Lipinski definition) is 0. The van der Waals surface area contributed by atoms with Crippen molar-refractivity contribution in [3.8, 4) is 5.75 Å². The van der Waals surface area contributed by atoms with Crippen molar-refractivity contribution >= 4 is 0 Å². The third kappa shape index (κ3) is 3.57. The lowest BCUT2D eigenvalue weighted by Crippen LogP contribution is -2.17. The lowest BCUT2D eigenvalue weighted by atomic mass is 10.2. The summed E-state index contributed by atoms with van der Waals surface area (Å²) in [5.74, 6) is 2.64. The van der Waals surface area contributed by atoms with Crippen molar-refractivity contribution in [2.75, 3.05) is 7.11 Å². The molecule has 0 bridgehead atoms. The normalized spacial score (nSPS) is 12.4. The Bertz CT molecular complexity index is 847. The van der Waals surface area contributed by atoms with Crippen LogP contribution in [0.2, 0.25) is 0 Å². The molecule has 0 aliphatic carbocycles. The van der Waals surface area contributed by atoms with E-state index in [2.05, 4.69) is 49.2 Å². The van der Waals surface area contributed by atoms with Gasteiger partial charge in [0.15, 0.2) is 11.6 Å². The summed E-state index contributed by atoms with van der Waals surface area (Å²) >= 11 is 0. The topological polar surface area (TPSA) is 57.8 Å². The monoisotopic (exact) mass is 339 g/mol. The second-order valence-corrected chi connectivity index (χ2v) is 6.29. The molecule has 0 spiro atoms. The minimum atomic E-state index is 0.0275. The first-order valence-corrected chi connectivity index (χ1v) is 8.61. The van der Waals surface area contributed by atoms with Gasteiger partial charge in [-0.3, -0.25) is 4.68 Å². The molecule has 6 nitrogen and oxygen atoms in total. The fourth-order valence-corrected chi connectivity index (χ4v) is 3.03. The van der Waals surface area contributed by atoms with Crippen LogP contribution in [-0.2, 0) is 13.0 Å². The van der Waals surface area contributed by atoms with E-state index in [1.54, 1.807) is 7.11 Å². The summed E-state index contributed by atoms with van der Waals surface area (Å²) < 4.78 is 9.23. The smallest absolute Gasteiger partial charge is 0.152 e. The highest BCUT2D eigenvalue weighted by Gasteiger charge is 2.20. The summed E-state index contributed by atoms with van der Waals surface area (Å²) in [6, 6.07) is 10.2. The quantitative estimate of drug-likeness (QED) is 0.691. The van der Waals surface area contributed by atoms with Crippen LogP contribution in [0.4, 0.5) is 0 Å². The molecule has 1 atom stereocenters. The molecule has 0 amide bonds. The second kappa shape index (κ2) is 7.09. The van der Waals surface area contributed by atoms with Gasteiger partial charge in [-0.1, -0.05) is 19.1 Å². The van der Waals surface area contributed by atoms with E-state index < -0.39 is 0 Å². The number of aryl methyl sites for hydroxylation is 3. The molecule has 0 radical (unpaired) electrons. The van der Waals surface area contributed by atoms with Crippen LogP contribution in [0.15, 0.2) is 30.3 Å². The molecule has 0 saturated heterocycles. The highest BCUT2D eigenvalue weighted by atomic mass is 16.5. The van der Waals surface area contributed by atoms with Crippen LogP contribution >= 0.6 is 0 Å². The molecular weight excluding hydrogens is 314 g/mol. The zero-order chi connectivity index (χ0) is 18.0. The summed E-state index contributed by atoms with van der Waals surface area (Å²) in [7, 11) is 1.67. The average molecular weight is 339 g/mol. The molecule has 0 N–H and O–H groups in total. The van der Waals surface area contributed by atoms with Gasteiger partial charge in [0.2, 0.25) is 0 Å². The first-order chi connectivity index (χ1) is 12.0. The Balaban J connectivity index is 1.93. The van der Waals surface area contributed by atoms with Gasteiger partial charge in [-0.25, -0.2) is 9.67 Å². The van der Waals surface area contributed by atoms with Crippen LogP contribution in [0.3, 0.4) is 0 Å². The molecule has 132 valence electrons. The van der Waals surface area contributed by atoms with Crippen LogP contribution < -0.4 is 4.74 Å². The molecule has 1 aromatic carbocycles. The highest BCUT2D eigenvalue weighted by molar-refractivity contribution is 5.27. The Morgan fingerprint density at radius 2 is 1.84 bits per heavy atom. The van der Waals surface area contributed by atoms with E-state index in [1.807, 2.05) is 28.4 Å². The maximum Gasteiger partial charge on any atom is 0.152 e. The first kappa shape index (κ1) is 17.2. The predicted octanol–water partition coefficient (Wildman–Crippen LogP) is 3.32. The van der Waals surface area contributed by atoms with E-state index in [4.69, 9.17) is 9.72 Å². The Morgan fingerprint density at radius 1 is 1.12 bits per heavy atom. The molecule has 2 aromatic heterocycles. The van der Waals surface area contributed by atoms with Crippen molar-refractivity contribution < 1.29 is 4.74 Å². The van der Waals surface area contributed by atoms with Crippen molar-refractivity contribution in [3.63, 3.8) is 0 Å². The van der Waals surface area contributed by atoms with Gasteiger partial charge in [-0.2, -0.15) is 10.2 Å². The zero-order valence-electron chi connectivity index (χ0n) is 15.5. The molecular formula is C19H25N5O.